The molecule has 0 saturated heterocycles. The Morgan fingerprint density at radius 3 is 3.00 bits per heavy atom. The molecule has 2 rings (SSSR count). The lowest BCUT2D eigenvalue weighted by molar-refractivity contribution is -0.115. The number of amides is 1. The number of hydrogen-bond acceptors (Lipinski definition) is 3. The molecule has 14 heavy (non-hydrogen) atoms. The number of fused-ring (bicyclic) bond motifs is 1. The zero-order chi connectivity index (χ0) is 10.1. The van der Waals surface area contributed by atoms with E-state index < -0.39 is 0 Å². The van der Waals surface area contributed by atoms with Gasteiger partial charge in [-0.1, -0.05) is 0 Å². The lowest BCUT2D eigenvalue weighted by atomic mass is 10.1. The van der Waals surface area contributed by atoms with Gasteiger partial charge in [-0.2, -0.15) is 5.26 Å². The summed E-state index contributed by atoms with van der Waals surface area (Å²) in [6, 6.07) is 7.33. The Hall–Kier alpha value is -1.47. The van der Waals surface area contributed by atoms with Crippen LogP contribution in [-0.2, 0) is 4.79 Å². The zero-order valence-corrected chi connectivity index (χ0v) is 8.39. The smallest absolute Gasteiger partial charge is 0.242 e. The molecule has 4 heteroatoms. The summed E-state index contributed by atoms with van der Waals surface area (Å²) in [7, 11) is 0. The van der Waals surface area contributed by atoms with Crippen molar-refractivity contribution in [2.24, 2.45) is 0 Å². The van der Waals surface area contributed by atoms with Gasteiger partial charge in [-0.05, 0) is 30.0 Å². The van der Waals surface area contributed by atoms with Crippen LogP contribution < -0.4 is 5.32 Å². The fourth-order valence-electron chi connectivity index (χ4n) is 1.54. The Morgan fingerprint density at radius 1 is 1.57 bits per heavy atom. The Morgan fingerprint density at radius 2 is 2.36 bits per heavy atom. The molecule has 1 N–H and O–H groups in total. The summed E-state index contributed by atoms with van der Waals surface area (Å²) < 4.78 is 0. The van der Waals surface area contributed by atoms with Crippen molar-refractivity contribution in [2.45, 2.75) is 5.25 Å². The van der Waals surface area contributed by atoms with Gasteiger partial charge in [0, 0.05) is 5.69 Å². The van der Waals surface area contributed by atoms with E-state index in [9.17, 15) is 4.79 Å². The van der Waals surface area contributed by atoms with E-state index >= 15 is 0 Å². The Kier molecular flexibility index (Phi) is 2.18. The van der Waals surface area contributed by atoms with E-state index in [-0.39, 0.29) is 11.2 Å². The van der Waals surface area contributed by atoms with E-state index in [0.29, 0.717) is 5.56 Å². The van der Waals surface area contributed by atoms with E-state index in [1.54, 1.807) is 18.2 Å². The first-order valence-electron chi connectivity index (χ1n) is 4.14. The van der Waals surface area contributed by atoms with Crippen molar-refractivity contribution in [3.8, 4) is 6.07 Å². The minimum Gasteiger partial charge on any atom is -0.325 e. The summed E-state index contributed by atoms with van der Waals surface area (Å²) in [5.41, 5.74) is 2.34. The van der Waals surface area contributed by atoms with Crippen LogP contribution in [0, 0.1) is 11.3 Å². The lowest BCUT2D eigenvalue weighted by Gasteiger charge is -2.03. The number of anilines is 1. The van der Waals surface area contributed by atoms with Gasteiger partial charge in [-0.3, -0.25) is 4.79 Å². The minimum absolute atomic E-state index is 0.00240. The van der Waals surface area contributed by atoms with Crippen LogP contribution in [0.1, 0.15) is 16.4 Å². The molecule has 0 radical (unpaired) electrons. The monoisotopic (exact) mass is 204 g/mol. The number of rotatable bonds is 1. The van der Waals surface area contributed by atoms with Crippen molar-refractivity contribution < 1.29 is 4.79 Å². The van der Waals surface area contributed by atoms with Crippen molar-refractivity contribution in [1.82, 2.24) is 0 Å². The van der Waals surface area contributed by atoms with Crippen molar-refractivity contribution >= 4 is 23.4 Å². The van der Waals surface area contributed by atoms with Crippen LogP contribution in [0.4, 0.5) is 5.69 Å². The first kappa shape index (κ1) is 9.10. The summed E-state index contributed by atoms with van der Waals surface area (Å²) in [5.74, 6) is 0.00240. The maximum absolute atomic E-state index is 11.4. The van der Waals surface area contributed by atoms with Gasteiger partial charge >= 0.3 is 0 Å². The van der Waals surface area contributed by atoms with Crippen molar-refractivity contribution in [3.05, 3.63) is 29.3 Å². The van der Waals surface area contributed by atoms with Gasteiger partial charge < -0.3 is 5.32 Å². The summed E-state index contributed by atoms with van der Waals surface area (Å²) in [6.07, 6.45) is 1.89. The molecular formula is C10H8N2OS. The van der Waals surface area contributed by atoms with Crippen LogP contribution in [0.2, 0.25) is 0 Å². The molecule has 1 unspecified atom stereocenters. The van der Waals surface area contributed by atoms with Crippen LogP contribution in [0.5, 0.6) is 0 Å². The quantitative estimate of drug-likeness (QED) is 0.760. The zero-order valence-electron chi connectivity index (χ0n) is 7.57. The normalized spacial score (nSPS) is 18.6. The molecule has 70 valence electrons. The SMILES string of the molecule is CSC1C(=O)Nc2ccc(C#N)cc21. The predicted octanol–water partition coefficient (Wildman–Crippen LogP) is 1.91. The highest BCUT2D eigenvalue weighted by Crippen LogP contribution is 2.38. The Balaban J connectivity index is 2.51. The van der Waals surface area contributed by atoms with Crippen molar-refractivity contribution in [2.75, 3.05) is 11.6 Å². The van der Waals surface area contributed by atoms with E-state index in [2.05, 4.69) is 11.4 Å². The number of benzene rings is 1. The minimum atomic E-state index is -0.168. The van der Waals surface area contributed by atoms with Gasteiger partial charge in [0.05, 0.1) is 11.6 Å². The van der Waals surface area contributed by atoms with Gasteiger partial charge in [-0.25, -0.2) is 0 Å². The number of nitriles is 1. The van der Waals surface area contributed by atoms with Gasteiger partial charge in [0.15, 0.2) is 0 Å². The van der Waals surface area contributed by atoms with Crippen LogP contribution >= 0.6 is 11.8 Å². The molecule has 0 aromatic heterocycles. The topological polar surface area (TPSA) is 52.9 Å². The highest BCUT2D eigenvalue weighted by molar-refractivity contribution is 7.99. The average molecular weight is 204 g/mol. The van der Waals surface area contributed by atoms with E-state index in [4.69, 9.17) is 5.26 Å². The number of carbonyl (C=O) groups is 1. The molecular weight excluding hydrogens is 196 g/mol. The third-order valence-electron chi connectivity index (χ3n) is 2.19. The second kappa shape index (κ2) is 3.35. The van der Waals surface area contributed by atoms with Gasteiger partial charge in [0.25, 0.3) is 0 Å². The molecule has 1 aliphatic heterocycles. The number of nitrogens with zero attached hydrogens (tertiary/aromatic N) is 1. The number of thioether (sulfide) groups is 1. The summed E-state index contributed by atoms with van der Waals surface area (Å²) in [5, 5.41) is 11.3. The largest absolute Gasteiger partial charge is 0.325 e. The maximum atomic E-state index is 11.4. The van der Waals surface area contributed by atoms with Gasteiger partial charge in [0.1, 0.15) is 5.25 Å². The highest BCUT2D eigenvalue weighted by Gasteiger charge is 2.29. The first-order valence-corrected chi connectivity index (χ1v) is 5.42. The number of hydrogen-bond donors (Lipinski definition) is 1. The molecule has 1 amide bonds. The molecule has 1 heterocycles. The Labute approximate surface area is 86.1 Å². The van der Waals surface area contributed by atoms with E-state index in [0.717, 1.165) is 11.3 Å². The number of nitrogens with one attached hydrogen (secondary N) is 1. The van der Waals surface area contributed by atoms with E-state index in [1.165, 1.54) is 11.8 Å². The van der Waals surface area contributed by atoms with Crippen LogP contribution in [-0.4, -0.2) is 12.2 Å². The summed E-state index contributed by atoms with van der Waals surface area (Å²) in [4.78, 5) is 11.4. The second-order valence-electron chi connectivity index (χ2n) is 3.02. The predicted molar refractivity (Wildman–Crippen MR) is 56.0 cm³/mol. The fourth-order valence-corrected chi connectivity index (χ4v) is 2.26. The third-order valence-corrected chi connectivity index (χ3v) is 3.13. The molecule has 1 aromatic carbocycles. The molecule has 0 fully saturated rings. The van der Waals surface area contributed by atoms with Crippen LogP contribution in [0.3, 0.4) is 0 Å². The summed E-state index contributed by atoms with van der Waals surface area (Å²) >= 11 is 1.48. The molecule has 1 atom stereocenters. The third kappa shape index (κ3) is 1.26. The molecule has 3 nitrogen and oxygen atoms in total. The lowest BCUT2D eigenvalue weighted by Crippen LogP contribution is -2.08. The first-order chi connectivity index (χ1) is 6.76. The molecule has 0 saturated carbocycles. The molecule has 1 aliphatic rings. The van der Waals surface area contributed by atoms with Gasteiger partial charge in [0.2, 0.25) is 5.91 Å². The van der Waals surface area contributed by atoms with Crippen molar-refractivity contribution in [3.63, 3.8) is 0 Å². The highest BCUT2D eigenvalue weighted by atomic mass is 32.2. The molecule has 1 aromatic rings. The number of carbonyl (C=O) groups excluding carboxylic acids is 1. The average Bonchev–Trinajstić information content (AvgIpc) is 2.52. The second-order valence-corrected chi connectivity index (χ2v) is 3.96. The fraction of sp³-hybridized carbons (Fsp3) is 0.200. The van der Waals surface area contributed by atoms with Gasteiger partial charge in [-0.15, -0.1) is 11.8 Å². The molecule has 0 aliphatic carbocycles. The standard InChI is InChI=1S/C10H8N2OS/c1-14-9-7-4-6(5-11)2-3-8(7)12-10(9)13/h2-4,9H,1H3,(H,12,13). The van der Waals surface area contributed by atoms with Crippen molar-refractivity contribution in [1.29, 1.82) is 5.26 Å². The Bertz CT molecular complexity index is 436. The summed E-state index contributed by atoms with van der Waals surface area (Å²) in [6.45, 7) is 0. The molecule has 0 spiro atoms. The molecule has 0 bridgehead atoms. The maximum Gasteiger partial charge on any atom is 0.242 e. The van der Waals surface area contributed by atoms with Crippen LogP contribution in [0.25, 0.3) is 0 Å². The van der Waals surface area contributed by atoms with Crippen LogP contribution in [0.15, 0.2) is 18.2 Å². The van der Waals surface area contributed by atoms with E-state index in [1.807, 2.05) is 6.26 Å².